The van der Waals surface area contributed by atoms with E-state index in [9.17, 15) is 14.4 Å². The van der Waals surface area contributed by atoms with Gasteiger partial charge in [0.05, 0.1) is 16.9 Å². The first-order valence-electron chi connectivity index (χ1n) is 7.14. The molecular formula is C16H17N3O5. The van der Waals surface area contributed by atoms with Crippen LogP contribution in [0.5, 0.6) is 0 Å². The van der Waals surface area contributed by atoms with E-state index in [1.165, 1.54) is 19.1 Å². The summed E-state index contributed by atoms with van der Waals surface area (Å²) in [6.45, 7) is 4.31. The molecule has 0 bridgehead atoms. The number of benzene rings is 1. The molecule has 2 rings (SSSR count). The molecule has 1 aromatic carbocycles. The smallest absolute Gasteiger partial charge is 0.340 e. The topological polar surface area (TPSA) is 111 Å². The average Bonchev–Trinajstić information content (AvgIpc) is 2.91. The Morgan fingerprint density at radius 3 is 2.58 bits per heavy atom. The first kappa shape index (κ1) is 17.2. The largest absolute Gasteiger partial charge is 0.452 e. The van der Waals surface area contributed by atoms with E-state index in [1.54, 1.807) is 26.0 Å². The van der Waals surface area contributed by atoms with E-state index in [1.807, 2.05) is 0 Å². The zero-order valence-corrected chi connectivity index (χ0v) is 13.5. The fourth-order valence-corrected chi connectivity index (χ4v) is 1.98. The lowest BCUT2D eigenvalue weighted by molar-refractivity contribution is -0.119. The van der Waals surface area contributed by atoms with Crippen LogP contribution >= 0.6 is 0 Å². The Labute approximate surface area is 138 Å². The van der Waals surface area contributed by atoms with Crippen molar-refractivity contribution in [1.82, 2.24) is 5.16 Å². The van der Waals surface area contributed by atoms with E-state index in [0.29, 0.717) is 16.9 Å². The van der Waals surface area contributed by atoms with Crippen LogP contribution in [-0.4, -0.2) is 29.5 Å². The number of amides is 2. The number of aryl methyl sites for hydroxylation is 2. The standard InChI is InChI=1S/C16H17N3O5/c1-9-5-4-6-12(15(9)17-11(3)20)16(22)23-8-13(21)18-14-7-10(2)19-24-14/h4-7H,8H2,1-3H3,(H,17,20)(H,18,21). The summed E-state index contributed by atoms with van der Waals surface area (Å²) in [7, 11) is 0. The third kappa shape index (κ3) is 4.42. The molecule has 126 valence electrons. The van der Waals surface area contributed by atoms with Crippen molar-refractivity contribution in [1.29, 1.82) is 0 Å². The highest BCUT2D eigenvalue weighted by Gasteiger charge is 2.17. The normalized spacial score (nSPS) is 10.1. The summed E-state index contributed by atoms with van der Waals surface area (Å²) in [5.41, 5.74) is 1.86. The molecule has 8 heteroatoms. The molecule has 0 atom stereocenters. The Morgan fingerprint density at radius 1 is 1.21 bits per heavy atom. The zero-order chi connectivity index (χ0) is 17.7. The highest BCUT2D eigenvalue weighted by Crippen LogP contribution is 2.21. The van der Waals surface area contributed by atoms with Gasteiger partial charge in [-0.05, 0) is 25.5 Å². The highest BCUT2D eigenvalue weighted by atomic mass is 16.5. The molecule has 0 aliphatic carbocycles. The molecule has 24 heavy (non-hydrogen) atoms. The second kappa shape index (κ2) is 7.40. The van der Waals surface area contributed by atoms with Crippen molar-refractivity contribution in [3.8, 4) is 0 Å². The van der Waals surface area contributed by atoms with Crippen LogP contribution in [0.1, 0.15) is 28.5 Å². The summed E-state index contributed by atoms with van der Waals surface area (Å²) in [4.78, 5) is 35.2. The Hall–Kier alpha value is -3.16. The van der Waals surface area contributed by atoms with E-state index in [4.69, 9.17) is 9.26 Å². The molecule has 0 unspecified atom stereocenters. The number of carbonyl (C=O) groups excluding carboxylic acids is 3. The number of esters is 1. The summed E-state index contributed by atoms with van der Waals surface area (Å²) < 4.78 is 9.82. The van der Waals surface area contributed by atoms with Crippen molar-refractivity contribution >= 4 is 29.4 Å². The molecule has 1 aromatic heterocycles. The van der Waals surface area contributed by atoms with Gasteiger partial charge in [0.15, 0.2) is 6.61 Å². The van der Waals surface area contributed by atoms with Gasteiger partial charge in [0.2, 0.25) is 11.8 Å². The van der Waals surface area contributed by atoms with Crippen LogP contribution in [0.25, 0.3) is 0 Å². The van der Waals surface area contributed by atoms with E-state index in [2.05, 4.69) is 15.8 Å². The van der Waals surface area contributed by atoms with Gasteiger partial charge in [-0.3, -0.25) is 14.9 Å². The molecule has 0 spiro atoms. The molecule has 0 radical (unpaired) electrons. The van der Waals surface area contributed by atoms with Crippen LogP contribution < -0.4 is 10.6 Å². The quantitative estimate of drug-likeness (QED) is 0.811. The predicted octanol–water partition coefficient (Wildman–Crippen LogP) is 2.05. The number of ether oxygens (including phenoxy) is 1. The number of hydrogen-bond acceptors (Lipinski definition) is 6. The fourth-order valence-electron chi connectivity index (χ4n) is 1.98. The van der Waals surface area contributed by atoms with Crippen molar-refractivity contribution in [2.24, 2.45) is 0 Å². The van der Waals surface area contributed by atoms with Crippen molar-refractivity contribution in [2.75, 3.05) is 17.2 Å². The van der Waals surface area contributed by atoms with Gasteiger partial charge >= 0.3 is 5.97 Å². The zero-order valence-electron chi connectivity index (χ0n) is 13.5. The Bertz CT molecular complexity index is 782. The summed E-state index contributed by atoms with van der Waals surface area (Å²) in [6, 6.07) is 6.46. The van der Waals surface area contributed by atoms with E-state index in [0.717, 1.165) is 0 Å². The number of para-hydroxylation sites is 1. The van der Waals surface area contributed by atoms with Gasteiger partial charge in [0.25, 0.3) is 5.91 Å². The lowest BCUT2D eigenvalue weighted by atomic mass is 10.1. The van der Waals surface area contributed by atoms with Crippen LogP contribution in [0.4, 0.5) is 11.6 Å². The number of hydrogen-bond donors (Lipinski definition) is 2. The molecule has 0 aliphatic rings. The molecule has 2 N–H and O–H groups in total. The maximum absolute atomic E-state index is 12.2. The number of aromatic nitrogens is 1. The summed E-state index contributed by atoms with van der Waals surface area (Å²) in [6.07, 6.45) is 0. The summed E-state index contributed by atoms with van der Waals surface area (Å²) in [5, 5.41) is 8.63. The Balaban J connectivity index is 2.01. The third-order valence-corrected chi connectivity index (χ3v) is 3.02. The average molecular weight is 331 g/mol. The molecular weight excluding hydrogens is 314 g/mol. The van der Waals surface area contributed by atoms with Gasteiger partial charge in [-0.15, -0.1) is 0 Å². The number of nitrogens with one attached hydrogen (secondary N) is 2. The van der Waals surface area contributed by atoms with Crippen LogP contribution in [0.15, 0.2) is 28.8 Å². The molecule has 0 saturated heterocycles. The fraction of sp³-hybridized carbons (Fsp3) is 0.250. The lowest BCUT2D eigenvalue weighted by Gasteiger charge is -2.12. The molecule has 0 saturated carbocycles. The number of carbonyl (C=O) groups is 3. The van der Waals surface area contributed by atoms with Gasteiger partial charge < -0.3 is 14.6 Å². The predicted molar refractivity (Wildman–Crippen MR) is 85.6 cm³/mol. The van der Waals surface area contributed by atoms with Crippen molar-refractivity contribution in [3.05, 3.63) is 41.1 Å². The van der Waals surface area contributed by atoms with E-state index < -0.39 is 18.5 Å². The maximum Gasteiger partial charge on any atom is 0.340 e. The second-order valence-electron chi connectivity index (χ2n) is 5.14. The molecule has 0 aliphatic heterocycles. The van der Waals surface area contributed by atoms with Crippen molar-refractivity contribution < 1.29 is 23.6 Å². The van der Waals surface area contributed by atoms with E-state index in [-0.39, 0.29) is 17.4 Å². The molecule has 2 amide bonds. The van der Waals surface area contributed by atoms with Crippen LogP contribution in [0.3, 0.4) is 0 Å². The monoisotopic (exact) mass is 331 g/mol. The van der Waals surface area contributed by atoms with Crippen LogP contribution in [-0.2, 0) is 14.3 Å². The van der Waals surface area contributed by atoms with Crippen molar-refractivity contribution in [2.45, 2.75) is 20.8 Å². The van der Waals surface area contributed by atoms with Crippen LogP contribution in [0, 0.1) is 13.8 Å². The maximum atomic E-state index is 12.2. The lowest BCUT2D eigenvalue weighted by Crippen LogP contribution is -2.21. The minimum Gasteiger partial charge on any atom is -0.452 e. The van der Waals surface area contributed by atoms with Gasteiger partial charge in [0.1, 0.15) is 0 Å². The highest BCUT2D eigenvalue weighted by molar-refractivity contribution is 6.02. The minimum absolute atomic E-state index is 0.169. The van der Waals surface area contributed by atoms with Gasteiger partial charge in [-0.2, -0.15) is 0 Å². The van der Waals surface area contributed by atoms with Gasteiger partial charge in [-0.1, -0.05) is 17.3 Å². The van der Waals surface area contributed by atoms with Gasteiger partial charge in [0, 0.05) is 13.0 Å². The number of rotatable bonds is 5. The molecule has 8 nitrogen and oxygen atoms in total. The summed E-state index contributed by atoms with van der Waals surface area (Å²) in [5.74, 6) is -1.42. The minimum atomic E-state index is -0.716. The van der Waals surface area contributed by atoms with Crippen molar-refractivity contribution in [3.63, 3.8) is 0 Å². The number of nitrogens with zero attached hydrogens (tertiary/aromatic N) is 1. The molecule has 1 heterocycles. The Morgan fingerprint density at radius 2 is 1.96 bits per heavy atom. The first-order chi connectivity index (χ1) is 11.4. The molecule has 0 fully saturated rings. The summed E-state index contributed by atoms with van der Waals surface area (Å²) >= 11 is 0. The molecule has 2 aromatic rings. The van der Waals surface area contributed by atoms with Crippen LogP contribution in [0.2, 0.25) is 0 Å². The Kier molecular flexibility index (Phi) is 5.31. The number of anilines is 2. The first-order valence-corrected chi connectivity index (χ1v) is 7.14. The SMILES string of the molecule is CC(=O)Nc1c(C)cccc1C(=O)OCC(=O)Nc1cc(C)no1. The third-order valence-electron chi connectivity index (χ3n) is 3.02. The second-order valence-corrected chi connectivity index (χ2v) is 5.14. The van der Waals surface area contributed by atoms with Gasteiger partial charge in [-0.25, -0.2) is 4.79 Å². The van der Waals surface area contributed by atoms with E-state index >= 15 is 0 Å².